The number of nitrogens with two attached hydrogens (primary N) is 1. The van der Waals surface area contributed by atoms with Crippen LogP contribution in [0, 0.1) is 11.7 Å². The van der Waals surface area contributed by atoms with E-state index in [2.05, 4.69) is 12.2 Å². The molecule has 1 aliphatic heterocycles. The van der Waals surface area contributed by atoms with E-state index in [1.54, 1.807) is 0 Å². The van der Waals surface area contributed by atoms with E-state index < -0.39 is 47.7 Å². The maximum atomic E-state index is 13.6. The molecule has 0 radical (unpaired) electrons. The van der Waals surface area contributed by atoms with Gasteiger partial charge in [-0.05, 0) is 49.3 Å². The molecule has 0 bridgehead atoms. The Hall–Kier alpha value is -2.97. The lowest BCUT2D eigenvalue weighted by molar-refractivity contribution is -0.142. The Bertz CT molecular complexity index is 851. The SMILES string of the molecule is CC1CCC2(CC1)NC(=O)N(CC(=O)N(C)C(C(N)=O)c1cccc(F)c1)C2=O. The van der Waals surface area contributed by atoms with Gasteiger partial charge in [0.05, 0.1) is 0 Å². The van der Waals surface area contributed by atoms with Crippen LogP contribution >= 0.6 is 0 Å². The van der Waals surface area contributed by atoms with Crippen LogP contribution < -0.4 is 11.1 Å². The number of urea groups is 1. The summed E-state index contributed by atoms with van der Waals surface area (Å²) in [5.41, 5.74) is 4.69. The van der Waals surface area contributed by atoms with Crippen molar-refractivity contribution in [1.82, 2.24) is 15.1 Å². The summed E-state index contributed by atoms with van der Waals surface area (Å²) in [6.45, 7) is 1.58. The molecular weight excluding hydrogens is 379 g/mol. The number of carbonyl (C=O) groups is 4. The highest BCUT2D eigenvalue weighted by Crippen LogP contribution is 2.36. The lowest BCUT2D eigenvalue weighted by Crippen LogP contribution is -2.50. The monoisotopic (exact) mass is 404 g/mol. The molecule has 1 aromatic carbocycles. The van der Waals surface area contributed by atoms with E-state index in [0.717, 1.165) is 28.7 Å². The van der Waals surface area contributed by atoms with Crippen LogP contribution in [-0.4, -0.2) is 52.7 Å². The van der Waals surface area contributed by atoms with Crippen LogP contribution in [0.15, 0.2) is 24.3 Å². The average Bonchev–Trinajstić information content (AvgIpc) is 2.88. The van der Waals surface area contributed by atoms with Crippen molar-refractivity contribution in [2.24, 2.45) is 11.7 Å². The van der Waals surface area contributed by atoms with E-state index in [1.807, 2.05) is 0 Å². The number of nitrogens with one attached hydrogen (secondary N) is 1. The third-order valence-electron chi connectivity index (χ3n) is 5.88. The molecule has 1 spiro atoms. The molecule has 1 saturated carbocycles. The zero-order valence-electron chi connectivity index (χ0n) is 16.5. The molecule has 1 heterocycles. The first kappa shape index (κ1) is 20.8. The van der Waals surface area contributed by atoms with Gasteiger partial charge in [-0.2, -0.15) is 0 Å². The highest BCUT2D eigenvalue weighted by atomic mass is 19.1. The molecule has 8 nitrogen and oxygen atoms in total. The van der Waals surface area contributed by atoms with Crippen LogP contribution in [0.5, 0.6) is 0 Å². The van der Waals surface area contributed by atoms with E-state index in [9.17, 15) is 23.6 Å². The van der Waals surface area contributed by atoms with Crippen molar-refractivity contribution in [3.05, 3.63) is 35.6 Å². The standard InChI is InChI=1S/C20H25FN4O4/c1-12-6-8-20(9-7-12)18(28)25(19(29)23-20)11-15(26)24(2)16(17(22)27)13-4-3-5-14(21)10-13/h3-5,10,12,16H,6-9,11H2,1-2H3,(H2,22,27)(H,23,29). The lowest BCUT2D eigenvalue weighted by atomic mass is 9.77. The average molecular weight is 404 g/mol. The second-order valence-electron chi connectivity index (χ2n) is 7.95. The fourth-order valence-electron chi connectivity index (χ4n) is 4.06. The molecule has 156 valence electrons. The van der Waals surface area contributed by atoms with Crippen molar-refractivity contribution in [3.63, 3.8) is 0 Å². The third-order valence-corrected chi connectivity index (χ3v) is 5.88. The summed E-state index contributed by atoms with van der Waals surface area (Å²) in [4.78, 5) is 51.9. The Labute approximate surface area is 168 Å². The summed E-state index contributed by atoms with van der Waals surface area (Å²) in [6.07, 6.45) is 2.70. The molecule has 5 amide bonds. The molecule has 29 heavy (non-hydrogen) atoms. The van der Waals surface area contributed by atoms with Gasteiger partial charge in [0.2, 0.25) is 11.8 Å². The second kappa shape index (κ2) is 7.81. The topological polar surface area (TPSA) is 113 Å². The quantitative estimate of drug-likeness (QED) is 0.721. The molecule has 1 aliphatic carbocycles. The number of carbonyl (C=O) groups excluding carboxylic acids is 4. The third kappa shape index (κ3) is 3.94. The summed E-state index contributed by atoms with van der Waals surface area (Å²) in [5.74, 6) is -2.01. The molecule has 2 aliphatic rings. The molecule has 1 aromatic rings. The maximum absolute atomic E-state index is 13.6. The minimum atomic E-state index is -1.22. The zero-order chi connectivity index (χ0) is 21.3. The fraction of sp³-hybridized carbons (Fsp3) is 0.500. The second-order valence-corrected chi connectivity index (χ2v) is 7.95. The highest BCUT2D eigenvalue weighted by molar-refractivity contribution is 6.09. The lowest BCUT2D eigenvalue weighted by Gasteiger charge is -2.33. The van der Waals surface area contributed by atoms with Crippen LogP contribution in [0.25, 0.3) is 0 Å². The molecule has 1 saturated heterocycles. The van der Waals surface area contributed by atoms with Crippen molar-refractivity contribution in [1.29, 1.82) is 0 Å². The number of hydrogen-bond donors (Lipinski definition) is 2. The van der Waals surface area contributed by atoms with E-state index in [1.165, 1.54) is 25.2 Å². The molecule has 2 fully saturated rings. The number of amides is 5. The molecule has 3 N–H and O–H groups in total. The van der Waals surface area contributed by atoms with Crippen molar-refractivity contribution in [2.75, 3.05) is 13.6 Å². The van der Waals surface area contributed by atoms with E-state index in [4.69, 9.17) is 5.73 Å². The number of imide groups is 1. The van der Waals surface area contributed by atoms with E-state index >= 15 is 0 Å². The van der Waals surface area contributed by atoms with Crippen molar-refractivity contribution >= 4 is 23.8 Å². The molecular formula is C20H25FN4O4. The first-order chi connectivity index (χ1) is 13.6. The van der Waals surface area contributed by atoms with Gasteiger partial charge in [0.25, 0.3) is 5.91 Å². The van der Waals surface area contributed by atoms with E-state index in [-0.39, 0.29) is 5.56 Å². The van der Waals surface area contributed by atoms with Gasteiger partial charge >= 0.3 is 6.03 Å². The molecule has 0 aromatic heterocycles. The summed E-state index contributed by atoms with van der Waals surface area (Å²) in [5, 5.41) is 2.75. The minimum Gasteiger partial charge on any atom is -0.368 e. The van der Waals surface area contributed by atoms with Crippen molar-refractivity contribution in [2.45, 2.75) is 44.2 Å². The summed E-state index contributed by atoms with van der Waals surface area (Å²) < 4.78 is 13.6. The smallest absolute Gasteiger partial charge is 0.325 e. The van der Waals surface area contributed by atoms with Gasteiger partial charge in [-0.3, -0.25) is 19.3 Å². The Morgan fingerprint density at radius 3 is 2.59 bits per heavy atom. The normalized spacial score (nSPS) is 25.1. The predicted octanol–water partition coefficient (Wildman–Crippen LogP) is 1.31. The Morgan fingerprint density at radius 2 is 2.00 bits per heavy atom. The summed E-state index contributed by atoms with van der Waals surface area (Å²) >= 11 is 0. The minimum absolute atomic E-state index is 0.211. The Balaban J connectivity index is 1.75. The van der Waals surface area contributed by atoms with Gasteiger partial charge in [0, 0.05) is 7.05 Å². The number of likely N-dealkylation sites (N-methyl/N-ethyl adjacent to an activating group) is 1. The van der Waals surface area contributed by atoms with Gasteiger partial charge in [0.1, 0.15) is 23.9 Å². The van der Waals surface area contributed by atoms with Crippen molar-refractivity contribution < 1.29 is 23.6 Å². The van der Waals surface area contributed by atoms with Crippen LogP contribution in [0.3, 0.4) is 0 Å². The van der Waals surface area contributed by atoms with Crippen LogP contribution in [0.1, 0.15) is 44.2 Å². The summed E-state index contributed by atoms with van der Waals surface area (Å²) in [7, 11) is 1.33. The first-order valence-electron chi connectivity index (χ1n) is 9.59. The molecule has 9 heteroatoms. The number of nitrogens with zero attached hydrogens (tertiary/aromatic N) is 2. The fourth-order valence-corrected chi connectivity index (χ4v) is 4.06. The number of rotatable bonds is 5. The van der Waals surface area contributed by atoms with Gasteiger partial charge < -0.3 is 16.0 Å². The Kier molecular flexibility index (Phi) is 5.59. The maximum Gasteiger partial charge on any atom is 0.325 e. The van der Waals surface area contributed by atoms with Crippen molar-refractivity contribution in [3.8, 4) is 0 Å². The van der Waals surface area contributed by atoms with Crippen LogP contribution in [-0.2, 0) is 14.4 Å². The Morgan fingerprint density at radius 1 is 1.34 bits per heavy atom. The zero-order valence-corrected chi connectivity index (χ0v) is 16.5. The number of halogens is 1. The van der Waals surface area contributed by atoms with Gasteiger partial charge in [-0.25, -0.2) is 9.18 Å². The van der Waals surface area contributed by atoms with E-state index in [0.29, 0.717) is 18.8 Å². The number of benzene rings is 1. The van der Waals surface area contributed by atoms with Crippen LogP contribution in [0.4, 0.5) is 9.18 Å². The first-order valence-corrected chi connectivity index (χ1v) is 9.59. The van der Waals surface area contributed by atoms with Gasteiger partial charge in [-0.1, -0.05) is 19.1 Å². The largest absolute Gasteiger partial charge is 0.368 e. The number of primary amides is 1. The van der Waals surface area contributed by atoms with Crippen LogP contribution in [0.2, 0.25) is 0 Å². The predicted molar refractivity (Wildman–Crippen MR) is 102 cm³/mol. The highest BCUT2D eigenvalue weighted by Gasteiger charge is 2.52. The van der Waals surface area contributed by atoms with Gasteiger partial charge in [-0.15, -0.1) is 0 Å². The summed E-state index contributed by atoms with van der Waals surface area (Å²) in [6, 6.07) is 3.38. The molecule has 3 rings (SSSR count). The van der Waals surface area contributed by atoms with Gasteiger partial charge in [0.15, 0.2) is 0 Å². The molecule has 1 unspecified atom stereocenters. The molecule has 1 atom stereocenters. The number of hydrogen-bond acceptors (Lipinski definition) is 4.